The molecule has 0 amide bonds. The third kappa shape index (κ3) is 3.44. The van der Waals surface area contributed by atoms with Crippen LogP contribution in [0.4, 0.5) is 0 Å². The van der Waals surface area contributed by atoms with Gasteiger partial charge in [-0.25, -0.2) is 0 Å². The lowest BCUT2D eigenvalue weighted by molar-refractivity contribution is 0.457. The molecule has 1 aromatic heterocycles. The Kier molecular flexibility index (Phi) is 5.45. The van der Waals surface area contributed by atoms with E-state index in [0.717, 1.165) is 6.42 Å². The molecule has 0 N–H and O–H groups in total. The number of rotatable bonds is 3. The Morgan fingerprint density at radius 1 is 0.574 bits per heavy atom. The molecular weight excluding hydrogens is 567 g/mol. The van der Waals surface area contributed by atoms with Crippen LogP contribution >= 0.6 is 0 Å². The maximum Gasteiger partial charge on any atom is 0.0582 e. The Labute approximate surface area is 276 Å². The van der Waals surface area contributed by atoms with Crippen LogP contribution in [-0.2, 0) is 10.8 Å². The summed E-state index contributed by atoms with van der Waals surface area (Å²) < 4.78 is 2.51. The quantitative estimate of drug-likeness (QED) is 0.190. The number of nitrogens with zero attached hydrogens (tertiary/aromatic N) is 1. The fourth-order valence-corrected chi connectivity index (χ4v) is 9.36. The van der Waals surface area contributed by atoms with Crippen LogP contribution in [-0.4, -0.2) is 4.57 Å². The van der Waals surface area contributed by atoms with E-state index in [1.54, 1.807) is 0 Å². The van der Waals surface area contributed by atoms with Crippen LogP contribution in [0.1, 0.15) is 48.1 Å². The molecule has 0 bridgehead atoms. The molecule has 10 rings (SSSR count). The highest BCUT2D eigenvalue weighted by molar-refractivity contribution is 6.12. The van der Waals surface area contributed by atoms with Gasteiger partial charge in [0.05, 0.1) is 22.1 Å². The highest BCUT2D eigenvalue weighted by Crippen LogP contribution is 2.58. The van der Waals surface area contributed by atoms with E-state index >= 15 is 0 Å². The van der Waals surface area contributed by atoms with Crippen molar-refractivity contribution in [3.63, 3.8) is 0 Å². The number of aromatic nitrogens is 1. The highest BCUT2D eigenvalue weighted by Gasteiger charge is 2.49. The first-order valence-electron chi connectivity index (χ1n) is 16.9. The number of hydrogen-bond acceptors (Lipinski definition) is 0. The van der Waals surface area contributed by atoms with Gasteiger partial charge in [0.15, 0.2) is 0 Å². The van der Waals surface area contributed by atoms with Crippen LogP contribution < -0.4 is 0 Å². The van der Waals surface area contributed by atoms with Gasteiger partial charge in [0.1, 0.15) is 0 Å². The van der Waals surface area contributed by atoms with Crippen molar-refractivity contribution in [1.82, 2.24) is 4.57 Å². The monoisotopic (exact) mass is 601 g/mol. The number of fused-ring (bicyclic) bond motifs is 8. The second-order valence-corrected chi connectivity index (χ2v) is 14.0. The van der Waals surface area contributed by atoms with Gasteiger partial charge >= 0.3 is 0 Å². The summed E-state index contributed by atoms with van der Waals surface area (Å²) in [6, 6.07) is 50.5. The predicted molar refractivity (Wildman–Crippen MR) is 196 cm³/mol. The molecule has 6 aromatic carbocycles. The third-order valence-corrected chi connectivity index (χ3v) is 11.5. The molecule has 7 aromatic rings. The molecule has 1 nitrogen and oxygen atoms in total. The van der Waals surface area contributed by atoms with Crippen molar-refractivity contribution < 1.29 is 0 Å². The van der Waals surface area contributed by atoms with E-state index in [1.807, 2.05) is 0 Å². The molecule has 0 spiro atoms. The van der Waals surface area contributed by atoms with Crippen LogP contribution in [0.2, 0.25) is 0 Å². The minimum absolute atomic E-state index is 0.0676. The van der Waals surface area contributed by atoms with Crippen molar-refractivity contribution in [3.8, 4) is 27.9 Å². The standard InChI is InChI=1S/C46H35N/c1-45(2)39-21-11-12-23-43(39)47-42-27-25-30(28-37(42)36-19-13-22-40(45)44(36)47)31-24-26-35-34-18-9-10-20-38(34)46(41(35)29-31,32-14-5-3-6-15-32)33-16-7-4-8-17-33/h3-16,18-29,33H,17H2,1-2H3. The average molecular weight is 602 g/mol. The molecule has 0 radical (unpaired) electrons. The Morgan fingerprint density at radius 2 is 1.30 bits per heavy atom. The summed E-state index contributed by atoms with van der Waals surface area (Å²) in [6.45, 7) is 4.73. The summed E-state index contributed by atoms with van der Waals surface area (Å²) >= 11 is 0. The Balaban J connectivity index is 1.23. The van der Waals surface area contributed by atoms with Crippen LogP contribution in [0.15, 0.2) is 158 Å². The van der Waals surface area contributed by atoms with Crippen molar-refractivity contribution in [3.05, 3.63) is 186 Å². The van der Waals surface area contributed by atoms with Gasteiger partial charge in [-0.1, -0.05) is 147 Å². The Bertz CT molecular complexity index is 2470. The first-order valence-corrected chi connectivity index (χ1v) is 16.9. The van der Waals surface area contributed by atoms with E-state index in [-0.39, 0.29) is 10.8 Å². The molecule has 2 heterocycles. The maximum absolute atomic E-state index is 2.51. The molecule has 2 atom stereocenters. The minimum atomic E-state index is -0.270. The third-order valence-electron chi connectivity index (χ3n) is 11.5. The highest BCUT2D eigenvalue weighted by atomic mass is 15.0. The summed E-state index contributed by atoms with van der Waals surface area (Å²) in [6.07, 6.45) is 10.2. The van der Waals surface area contributed by atoms with Gasteiger partial charge in [-0.2, -0.15) is 0 Å². The zero-order valence-electron chi connectivity index (χ0n) is 26.7. The van der Waals surface area contributed by atoms with Gasteiger partial charge in [0.2, 0.25) is 0 Å². The summed E-state index contributed by atoms with van der Waals surface area (Å²) in [4.78, 5) is 0. The minimum Gasteiger partial charge on any atom is -0.309 e. The maximum atomic E-state index is 2.51. The van der Waals surface area contributed by atoms with Gasteiger partial charge in [0, 0.05) is 16.2 Å². The lowest BCUT2D eigenvalue weighted by Gasteiger charge is -2.39. The zero-order valence-corrected chi connectivity index (χ0v) is 26.7. The first kappa shape index (κ1) is 26.8. The molecule has 1 aliphatic heterocycles. The van der Waals surface area contributed by atoms with Crippen molar-refractivity contribution >= 4 is 21.8 Å². The summed E-state index contributed by atoms with van der Waals surface area (Å²) in [5.74, 6) is 0.316. The molecule has 2 unspecified atom stereocenters. The van der Waals surface area contributed by atoms with Crippen molar-refractivity contribution in [2.75, 3.05) is 0 Å². The van der Waals surface area contributed by atoms with Gasteiger partial charge in [-0.3, -0.25) is 0 Å². The van der Waals surface area contributed by atoms with Crippen LogP contribution in [0.3, 0.4) is 0 Å². The molecular formula is C46H35N. The predicted octanol–water partition coefficient (Wildman–Crippen LogP) is 11.5. The lowest BCUT2D eigenvalue weighted by atomic mass is 9.62. The van der Waals surface area contributed by atoms with E-state index in [0.29, 0.717) is 5.92 Å². The summed E-state index contributed by atoms with van der Waals surface area (Å²) in [7, 11) is 0. The molecule has 2 aliphatic carbocycles. The first-order chi connectivity index (χ1) is 23.1. The van der Waals surface area contributed by atoms with Gasteiger partial charge < -0.3 is 4.57 Å². The topological polar surface area (TPSA) is 4.93 Å². The second-order valence-electron chi connectivity index (χ2n) is 14.0. The van der Waals surface area contributed by atoms with Crippen molar-refractivity contribution in [2.45, 2.75) is 31.1 Å². The van der Waals surface area contributed by atoms with Crippen LogP contribution in [0.5, 0.6) is 0 Å². The molecule has 3 aliphatic rings. The largest absolute Gasteiger partial charge is 0.309 e. The molecule has 0 saturated carbocycles. The molecule has 47 heavy (non-hydrogen) atoms. The molecule has 0 fully saturated rings. The SMILES string of the molecule is CC1(C)c2ccccc2-n2c3ccc(-c4ccc5c(c4)C(c4ccccc4)(C4C=CC=CC4)c4ccccc4-5)cc3c3cccc1c32. The number of allylic oxidation sites excluding steroid dienone is 4. The summed E-state index contributed by atoms with van der Waals surface area (Å²) in [5.41, 5.74) is 15.7. The Hall–Kier alpha value is -5.40. The van der Waals surface area contributed by atoms with Crippen LogP contribution in [0.25, 0.3) is 49.7 Å². The van der Waals surface area contributed by atoms with Crippen molar-refractivity contribution in [1.29, 1.82) is 0 Å². The van der Waals surface area contributed by atoms with Crippen molar-refractivity contribution in [2.24, 2.45) is 5.92 Å². The molecule has 0 saturated heterocycles. The molecule has 224 valence electrons. The number of para-hydroxylation sites is 2. The normalized spacial score (nSPS) is 19.9. The Morgan fingerprint density at radius 3 is 2.15 bits per heavy atom. The second kappa shape index (κ2) is 9.56. The van der Waals surface area contributed by atoms with Gasteiger partial charge in [0.25, 0.3) is 0 Å². The van der Waals surface area contributed by atoms with Crippen LogP contribution in [0, 0.1) is 5.92 Å². The number of hydrogen-bond donors (Lipinski definition) is 0. The van der Waals surface area contributed by atoms with E-state index in [2.05, 4.69) is 176 Å². The van der Waals surface area contributed by atoms with E-state index in [9.17, 15) is 0 Å². The fraction of sp³-hybridized carbons (Fsp3) is 0.130. The van der Waals surface area contributed by atoms with E-state index < -0.39 is 0 Å². The fourth-order valence-electron chi connectivity index (χ4n) is 9.36. The average Bonchev–Trinajstić information content (AvgIpc) is 3.62. The summed E-state index contributed by atoms with van der Waals surface area (Å²) in [5, 5.41) is 2.64. The molecule has 1 heteroatoms. The van der Waals surface area contributed by atoms with Gasteiger partial charge in [-0.05, 0) is 86.7 Å². The number of benzene rings is 6. The smallest absolute Gasteiger partial charge is 0.0582 e. The van der Waals surface area contributed by atoms with Gasteiger partial charge in [-0.15, -0.1) is 0 Å². The lowest BCUT2D eigenvalue weighted by Crippen LogP contribution is -2.35. The zero-order chi connectivity index (χ0) is 31.3. The van der Waals surface area contributed by atoms with E-state index in [4.69, 9.17) is 0 Å². The van der Waals surface area contributed by atoms with E-state index in [1.165, 1.54) is 77.6 Å².